The zero-order valence-corrected chi connectivity index (χ0v) is 18.5. The molecule has 0 saturated carbocycles. The summed E-state index contributed by atoms with van der Waals surface area (Å²) in [5.41, 5.74) is 0.536. The third kappa shape index (κ3) is 6.30. The summed E-state index contributed by atoms with van der Waals surface area (Å²) in [6, 6.07) is 6.59. The van der Waals surface area contributed by atoms with E-state index in [0.717, 1.165) is 38.9 Å². The predicted octanol–water partition coefficient (Wildman–Crippen LogP) is 1.79. The summed E-state index contributed by atoms with van der Waals surface area (Å²) in [6.45, 7) is 4.26. The molecule has 1 aromatic carbocycles. The molecule has 1 unspecified atom stereocenters. The minimum Gasteiger partial charge on any atom is -0.326 e. The molecule has 3 rings (SSSR count). The van der Waals surface area contributed by atoms with Crippen molar-refractivity contribution in [1.29, 1.82) is 0 Å². The van der Waals surface area contributed by atoms with Gasteiger partial charge in [0.1, 0.15) is 0 Å². The lowest BCUT2D eigenvalue weighted by molar-refractivity contribution is -0.120. The van der Waals surface area contributed by atoms with Crippen LogP contribution in [-0.2, 0) is 14.8 Å². The maximum Gasteiger partial charge on any atom is 0.243 e. The largest absolute Gasteiger partial charge is 0.326 e. The summed E-state index contributed by atoms with van der Waals surface area (Å²) in [4.78, 5) is 14.8. The number of amides is 1. The molecule has 2 saturated heterocycles. The Balaban J connectivity index is 0.00000196. The van der Waals surface area contributed by atoms with E-state index in [2.05, 4.69) is 15.5 Å². The van der Waals surface area contributed by atoms with E-state index in [9.17, 15) is 13.2 Å². The number of carbonyl (C=O) groups excluding carboxylic acids is 1. The van der Waals surface area contributed by atoms with Crippen LogP contribution in [0.2, 0.25) is 0 Å². The second kappa shape index (κ2) is 11.3. The van der Waals surface area contributed by atoms with Gasteiger partial charge in [-0.25, -0.2) is 8.42 Å². The second-order valence-corrected chi connectivity index (χ2v) is 9.06. The molecule has 7 nitrogen and oxygen atoms in total. The van der Waals surface area contributed by atoms with Crippen molar-refractivity contribution in [2.45, 2.75) is 24.2 Å². The number of likely N-dealkylation sites (N-methyl/N-ethyl adjacent to an activating group) is 1. The minimum atomic E-state index is -3.55. The Bertz CT molecular complexity index is 742. The van der Waals surface area contributed by atoms with Crippen LogP contribution < -0.4 is 10.6 Å². The van der Waals surface area contributed by atoms with Gasteiger partial charge in [-0.05, 0) is 57.6 Å². The van der Waals surface area contributed by atoms with Crippen LogP contribution in [-0.4, -0.2) is 69.8 Å². The quantitative estimate of drug-likeness (QED) is 0.727. The lowest BCUT2D eigenvalue weighted by Crippen LogP contribution is -2.37. The van der Waals surface area contributed by atoms with Crippen LogP contribution in [0, 0.1) is 5.92 Å². The van der Waals surface area contributed by atoms with Crippen molar-refractivity contribution in [3.05, 3.63) is 24.3 Å². The van der Waals surface area contributed by atoms with Gasteiger partial charge in [0.05, 0.1) is 10.8 Å². The molecule has 2 aliphatic heterocycles. The Labute approximate surface area is 180 Å². The Morgan fingerprint density at radius 1 is 1.14 bits per heavy atom. The van der Waals surface area contributed by atoms with Gasteiger partial charge < -0.3 is 15.5 Å². The van der Waals surface area contributed by atoms with Crippen LogP contribution >= 0.6 is 24.8 Å². The molecule has 0 aromatic heterocycles. The first kappa shape index (κ1) is 25.1. The van der Waals surface area contributed by atoms with E-state index in [1.165, 1.54) is 0 Å². The molecule has 0 radical (unpaired) electrons. The van der Waals surface area contributed by atoms with Gasteiger partial charge in [0, 0.05) is 31.9 Å². The highest BCUT2D eigenvalue weighted by atomic mass is 35.5. The number of nitrogens with zero attached hydrogens (tertiary/aromatic N) is 2. The first-order valence-corrected chi connectivity index (χ1v) is 10.7. The van der Waals surface area contributed by atoms with E-state index in [0.29, 0.717) is 25.3 Å². The first-order valence-electron chi connectivity index (χ1n) is 9.27. The first-order chi connectivity index (χ1) is 12.5. The molecular formula is C18H30Cl2N4O3S. The van der Waals surface area contributed by atoms with Crippen molar-refractivity contribution in [1.82, 2.24) is 14.5 Å². The average molecular weight is 453 g/mol. The highest BCUT2D eigenvalue weighted by Crippen LogP contribution is 2.22. The molecule has 0 bridgehead atoms. The lowest BCUT2D eigenvalue weighted by atomic mass is 9.99. The van der Waals surface area contributed by atoms with Crippen molar-refractivity contribution in [3.63, 3.8) is 0 Å². The molecule has 1 atom stereocenters. The fourth-order valence-corrected chi connectivity index (χ4v) is 4.98. The maximum atomic E-state index is 13.0. The fourth-order valence-electron chi connectivity index (χ4n) is 3.47. The van der Waals surface area contributed by atoms with Crippen LogP contribution in [0.5, 0.6) is 0 Å². The summed E-state index contributed by atoms with van der Waals surface area (Å²) < 4.78 is 27.5. The Hall–Kier alpha value is -0.900. The minimum absolute atomic E-state index is 0. The van der Waals surface area contributed by atoms with Crippen LogP contribution in [0.3, 0.4) is 0 Å². The van der Waals surface area contributed by atoms with Crippen molar-refractivity contribution < 1.29 is 13.2 Å². The topological polar surface area (TPSA) is 81.8 Å². The van der Waals surface area contributed by atoms with Crippen LogP contribution in [0.4, 0.5) is 5.69 Å². The number of anilines is 1. The zero-order chi connectivity index (χ0) is 18.6. The molecule has 1 amide bonds. The average Bonchev–Trinajstić information content (AvgIpc) is 2.87. The third-order valence-corrected chi connectivity index (χ3v) is 6.98. The molecule has 160 valence electrons. The number of nitrogens with one attached hydrogen (secondary N) is 2. The van der Waals surface area contributed by atoms with Gasteiger partial charge >= 0.3 is 0 Å². The van der Waals surface area contributed by atoms with E-state index >= 15 is 0 Å². The van der Waals surface area contributed by atoms with Crippen LogP contribution in [0.1, 0.15) is 19.3 Å². The van der Waals surface area contributed by atoms with Crippen molar-refractivity contribution in [2.75, 3.05) is 51.6 Å². The molecule has 1 aromatic rings. The smallest absolute Gasteiger partial charge is 0.243 e. The van der Waals surface area contributed by atoms with Crippen molar-refractivity contribution in [2.24, 2.45) is 5.92 Å². The van der Waals surface area contributed by atoms with Gasteiger partial charge in [-0.15, -0.1) is 24.8 Å². The Kier molecular flexibility index (Phi) is 10.2. The summed E-state index contributed by atoms with van der Waals surface area (Å²) in [6.07, 6.45) is 2.66. The molecule has 28 heavy (non-hydrogen) atoms. The number of halogens is 2. The predicted molar refractivity (Wildman–Crippen MR) is 116 cm³/mol. The van der Waals surface area contributed by atoms with Gasteiger partial charge in [0.15, 0.2) is 0 Å². The standard InChI is InChI=1S/C18H28N4O3S.2ClH/c1-21-9-4-10-22(12-11-21)26(24,25)17-7-2-6-16(13-17)20-18(23)15-5-3-8-19-14-15;;/h2,6-7,13,15,19H,3-5,8-12,14H2,1H3,(H,20,23);2*1H. The van der Waals surface area contributed by atoms with Crippen molar-refractivity contribution >= 4 is 46.4 Å². The van der Waals surface area contributed by atoms with Gasteiger partial charge in [-0.1, -0.05) is 6.07 Å². The SMILES string of the molecule is CN1CCCN(S(=O)(=O)c2cccc(NC(=O)C3CCCNC3)c2)CC1.Cl.Cl. The normalized spacial score (nSPS) is 21.7. The van der Waals surface area contributed by atoms with Gasteiger partial charge in [0.25, 0.3) is 0 Å². The maximum absolute atomic E-state index is 13.0. The van der Waals surface area contributed by atoms with E-state index < -0.39 is 10.0 Å². The molecular weight excluding hydrogens is 423 g/mol. The number of piperidine rings is 1. The highest BCUT2D eigenvalue weighted by molar-refractivity contribution is 7.89. The number of benzene rings is 1. The molecule has 0 aliphatic carbocycles. The summed E-state index contributed by atoms with van der Waals surface area (Å²) in [5, 5.41) is 6.10. The van der Waals surface area contributed by atoms with Gasteiger partial charge in [-0.2, -0.15) is 4.31 Å². The summed E-state index contributed by atoms with van der Waals surface area (Å²) in [5.74, 6) is -0.117. The van der Waals surface area contributed by atoms with E-state index in [1.807, 2.05) is 7.05 Å². The number of hydrogen-bond acceptors (Lipinski definition) is 5. The second-order valence-electron chi connectivity index (χ2n) is 7.12. The van der Waals surface area contributed by atoms with Crippen molar-refractivity contribution in [3.8, 4) is 0 Å². The van der Waals surface area contributed by atoms with E-state index in [-0.39, 0.29) is 41.5 Å². The van der Waals surface area contributed by atoms with Gasteiger partial charge in [0.2, 0.25) is 15.9 Å². The highest BCUT2D eigenvalue weighted by Gasteiger charge is 2.27. The number of rotatable bonds is 4. The molecule has 10 heteroatoms. The summed E-state index contributed by atoms with van der Waals surface area (Å²) >= 11 is 0. The van der Waals surface area contributed by atoms with Gasteiger partial charge in [-0.3, -0.25) is 4.79 Å². The Morgan fingerprint density at radius 2 is 1.93 bits per heavy atom. The third-order valence-electron chi connectivity index (χ3n) is 5.09. The number of carbonyl (C=O) groups is 1. The zero-order valence-electron chi connectivity index (χ0n) is 16.1. The molecule has 2 fully saturated rings. The fraction of sp³-hybridized carbons (Fsp3) is 0.611. The number of sulfonamides is 1. The van der Waals surface area contributed by atoms with E-state index in [1.54, 1.807) is 28.6 Å². The lowest BCUT2D eigenvalue weighted by Gasteiger charge is -2.22. The van der Waals surface area contributed by atoms with Crippen LogP contribution in [0.25, 0.3) is 0 Å². The van der Waals surface area contributed by atoms with Crippen LogP contribution in [0.15, 0.2) is 29.2 Å². The molecule has 2 aliphatic rings. The monoisotopic (exact) mass is 452 g/mol. The van der Waals surface area contributed by atoms with E-state index in [4.69, 9.17) is 0 Å². The molecule has 2 heterocycles. The summed E-state index contributed by atoms with van der Waals surface area (Å²) in [7, 11) is -1.54. The number of hydrogen-bond donors (Lipinski definition) is 2. The Morgan fingerprint density at radius 3 is 2.64 bits per heavy atom. The molecule has 0 spiro atoms. The molecule has 2 N–H and O–H groups in total.